The van der Waals surface area contributed by atoms with Crippen LogP contribution in [0.4, 0.5) is 0 Å². The second kappa shape index (κ2) is 4.84. The molecule has 5 rings (SSSR count). The van der Waals surface area contributed by atoms with E-state index in [9.17, 15) is 4.79 Å². The van der Waals surface area contributed by atoms with Crippen LogP contribution in [0, 0.1) is 34.5 Å². The fourth-order valence-electron chi connectivity index (χ4n) is 8.00. The van der Waals surface area contributed by atoms with E-state index in [-0.39, 0.29) is 11.2 Å². The minimum atomic E-state index is 0.159. The van der Waals surface area contributed by atoms with Crippen molar-refractivity contribution in [1.29, 1.82) is 0 Å². The quantitative estimate of drug-likeness (QED) is 0.664. The van der Waals surface area contributed by atoms with Gasteiger partial charge in [0.2, 0.25) is 0 Å². The van der Waals surface area contributed by atoms with Crippen LogP contribution in [-0.4, -0.2) is 30.3 Å². The first-order valence-electron chi connectivity index (χ1n) is 10.1. The molecule has 4 aliphatic carbocycles. The zero-order valence-electron chi connectivity index (χ0n) is 15.4. The number of carbonyl (C=O) groups excluding carboxylic acids is 1. The monoisotopic (exact) mass is 325 g/mol. The maximum atomic E-state index is 11.9. The van der Waals surface area contributed by atoms with Gasteiger partial charge in [0, 0.05) is 18.0 Å². The van der Waals surface area contributed by atoms with Crippen molar-refractivity contribution < 1.29 is 4.79 Å². The maximum Gasteiger partial charge on any atom is 0.178 e. The molecule has 2 nitrogen and oxygen atoms in total. The van der Waals surface area contributed by atoms with Gasteiger partial charge < -0.3 is 4.90 Å². The largest absolute Gasteiger partial charge is 0.303 e. The van der Waals surface area contributed by atoms with Gasteiger partial charge in [0.05, 0.1) is 0 Å². The van der Waals surface area contributed by atoms with Crippen LogP contribution in [0.5, 0.6) is 0 Å². The minimum Gasteiger partial charge on any atom is -0.303 e. The summed E-state index contributed by atoms with van der Waals surface area (Å²) in [6.07, 6.45) is 14.3. The first-order valence-corrected chi connectivity index (χ1v) is 10.1. The van der Waals surface area contributed by atoms with Crippen LogP contribution in [0.3, 0.4) is 0 Å². The lowest BCUT2D eigenvalue weighted by molar-refractivity contribution is -0.111. The van der Waals surface area contributed by atoms with Crippen molar-refractivity contribution in [2.75, 3.05) is 13.6 Å². The summed E-state index contributed by atoms with van der Waals surface area (Å²) in [6.45, 7) is 6.22. The minimum absolute atomic E-state index is 0.159. The van der Waals surface area contributed by atoms with Gasteiger partial charge >= 0.3 is 0 Å². The Bertz CT molecular complexity index is 648. The van der Waals surface area contributed by atoms with Crippen molar-refractivity contribution in [2.45, 2.75) is 58.4 Å². The molecule has 0 radical (unpaired) electrons. The number of ketones is 1. The van der Waals surface area contributed by atoms with Crippen LogP contribution in [0.25, 0.3) is 0 Å². The normalized spacial score (nSPS) is 53.2. The number of hydrogen-bond acceptors (Lipinski definition) is 2. The molecule has 24 heavy (non-hydrogen) atoms. The predicted octanol–water partition coefficient (Wildman–Crippen LogP) is 4.22. The molecule has 0 unspecified atom stereocenters. The van der Waals surface area contributed by atoms with Gasteiger partial charge in [0.1, 0.15) is 0 Å². The Morgan fingerprint density at radius 3 is 2.75 bits per heavy atom. The fraction of sp³-hybridized carbons (Fsp3) is 0.773. The van der Waals surface area contributed by atoms with E-state index in [4.69, 9.17) is 0 Å². The molecule has 5 aliphatic rings. The second-order valence-corrected chi connectivity index (χ2v) is 9.71. The summed E-state index contributed by atoms with van der Waals surface area (Å²) >= 11 is 0. The van der Waals surface area contributed by atoms with E-state index < -0.39 is 0 Å². The van der Waals surface area contributed by atoms with E-state index in [2.05, 4.69) is 31.9 Å². The average Bonchev–Trinajstić information content (AvgIpc) is 3.03. The van der Waals surface area contributed by atoms with E-state index in [0.717, 1.165) is 36.1 Å². The smallest absolute Gasteiger partial charge is 0.178 e. The molecule has 130 valence electrons. The zero-order valence-corrected chi connectivity index (χ0v) is 15.4. The summed E-state index contributed by atoms with van der Waals surface area (Å²) in [5.74, 6) is 3.71. The summed E-state index contributed by atoms with van der Waals surface area (Å²) in [5.41, 5.74) is 2.20. The fourth-order valence-corrected chi connectivity index (χ4v) is 8.00. The first kappa shape index (κ1) is 15.4. The molecule has 1 heterocycles. The molecular weight excluding hydrogens is 294 g/mol. The molecule has 3 saturated carbocycles. The number of likely N-dealkylation sites (tertiary alicyclic amines) is 1. The summed E-state index contributed by atoms with van der Waals surface area (Å²) < 4.78 is 0. The van der Waals surface area contributed by atoms with Crippen molar-refractivity contribution in [3.8, 4) is 0 Å². The highest BCUT2D eigenvalue weighted by Gasteiger charge is 2.63. The third-order valence-electron chi connectivity index (χ3n) is 9.16. The molecule has 1 aliphatic heterocycles. The van der Waals surface area contributed by atoms with E-state index in [1.165, 1.54) is 44.2 Å². The SMILES string of the molecule is C[C@H]1[C@H]2CC[C@H]3[C@@H]4CCC5=CC(=O)C=C[C@]5(C)[C@H]4CC[C@]23CN1C. The molecular formula is C22H31NO. The Morgan fingerprint density at radius 1 is 1.12 bits per heavy atom. The molecule has 0 amide bonds. The van der Waals surface area contributed by atoms with E-state index in [1.54, 1.807) is 0 Å². The van der Waals surface area contributed by atoms with Gasteiger partial charge in [-0.15, -0.1) is 0 Å². The number of hydrogen-bond donors (Lipinski definition) is 0. The summed E-state index contributed by atoms with van der Waals surface area (Å²) in [5, 5.41) is 0. The number of allylic oxidation sites excluding steroid dienone is 4. The van der Waals surface area contributed by atoms with Gasteiger partial charge in [-0.3, -0.25) is 4.79 Å². The van der Waals surface area contributed by atoms with Crippen LogP contribution < -0.4 is 0 Å². The summed E-state index contributed by atoms with van der Waals surface area (Å²) in [7, 11) is 2.35. The summed E-state index contributed by atoms with van der Waals surface area (Å²) in [6, 6.07) is 0.772. The van der Waals surface area contributed by atoms with Crippen molar-refractivity contribution in [3.05, 3.63) is 23.8 Å². The highest BCUT2D eigenvalue weighted by molar-refractivity contribution is 6.01. The van der Waals surface area contributed by atoms with Gasteiger partial charge in [-0.05, 0) is 93.7 Å². The molecule has 1 saturated heterocycles. The van der Waals surface area contributed by atoms with E-state index in [0.29, 0.717) is 5.41 Å². The molecule has 1 spiro atoms. The van der Waals surface area contributed by atoms with Crippen LogP contribution in [0.2, 0.25) is 0 Å². The molecule has 7 atom stereocenters. The van der Waals surface area contributed by atoms with Crippen molar-refractivity contribution in [3.63, 3.8) is 0 Å². The Balaban J connectivity index is 1.51. The average molecular weight is 325 g/mol. The van der Waals surface area contributed by atoms with Crippen LogP contribution in [0.1, 0.15) is 52.4 Å². The summed E-state index contributed by atoms with van der Waals surface area (Å²) in [4.78, 5) is 14.5. The van der Waals surface area contributed by atoms with Gasteiger partial charge in [0.25, 0.3) is 0 Å². The topological polar surface area (TPSA) is 20.3 Å². The maximum absolute atomic E-state index is 11.9. The third-order valence-corrected chi connectivity index (χ3v) is 9.16. The Morgan fingerprint density at radius 2 is 1.92 bits per heavy atom. The number of fused-ring (bicyclic) bond motifs is 4. The molecule has 0 N–H and O–H groups in total. The number of nitrogens with zero attached hydrogens (tertiary/aromatic N) is 1. The van der Waals surface area contributed by atoms with Crippen LogP contribution >= 0.6 is 0 Å². The molecule has 0 aromatic rings. The van der Waals surface area contributed by atoms with Crippen molar-refractivity contribution in [2.24, 2.45) is 34.5 Å². The van der Waals surface area contributed by atoms with Gasteiger partial charge in [-0.1, -0.05) is 18.6 Å². The van der Waals surface area contributed by atoms with E-state index >= 15 is 0 Å². The molecule has 0 bridgehead atoms. The first-order chi connectivity index (χ1) is 11.5. The lowest BCUT2D eigenvalue weighted by Crippen LogP contribution is -2.51. The molecule has 0 aromatic heterocycles. The van der Waals surface area contributed by atoms with Crippen molar-refractivity contribution in [1.82, 2.24) is 4.90 Å². The number of rotatable bonds is 0. The van der Waals surface area contributed by atoms with E-state index in [1.807, 2.05) is 12.2 Å². The van der Waals surface area contributed by atoms with Crippen molar-refractivity contribution >= 4 is 5.78 Å². The lowest BCUT2D eigenvalue weighted by atomic mass is 9.47. The predicted molar refractivity (Wildman–Crippen MR) is 96.5 cm³/mol. The van der Waals surface area contributed by atoms with Gasteiger partial charge in [-0.2, -0.15) is 0 Å². The lowest BCUT2D eigenvalue weighted by Gasteiger charge is -2.57. The van der Waals surface area contributed by atoms with Gasteiger partial charge in [0.15, 0.2) is 5.78 Å². The third kappa shape index (κ3) is 1.74. The zero-order chi connectivity index (χ0) is 16.7. The molecule has 4 fully saturated rings. The molecule has 0 aromatic carbocycles. The molecule has 2 heteroatoms. The van der Waals surface area contributed by atoms with Crippen LogP contribution in [0.15, 0.2) is 23.8 Å². The van der Waals surface area contributed by atoms with Crippen LogP contribution in [-0.2, 0) is 4.79 Å². The highest BCUT2D eigenvalue weighted by atomic mass is 16.1. The second-order valence-electron chi connectivity index (χ2n) is 9.71. The Labute approximate surface area is 146 Å². The number of carbonyl (C=O) groups is 1. The Hall–Kier alpha value is -0.890. The van der Waals surface area contributed by atoms with Gasteiger partial charge in [-0.25, -0.2) is 0 Å². The highest BCUT2D eigenvalue weighted by Crippen LogP contribution is 2.68. The Kier molecular flexibility index (Phi) is 3.10. The standard InChI is InChI=1S/C22H31NO/c1-14-18-6-7-20-17-5-4-15-12-16(24)8-10-21(15,2)19(17)9-11-22(18,20)13-23(14)3/h8,10,12,14,17-20H,4-7,9,11,13H2,1-3H3/t14-,17+,18+,19-,20-,21-,22-/m0/s1.